The van der Waals surface area contributed by atoms with Crippen LogP contribution in [0.15, 0.2) is 59.1 Å². The van der Waals surface area contributed by atoms with Crippen molar-refractivity contribution in [3.05, 3.63) is 70.2 Å². The minimum Gasteiger partial charge on any atom is -0.287 e. The van der Waals surface area contributed by atoms with Gasteiger partial charge >= 0.3 is 0 Å². The van der Waals surface area contributed by atoms with Crippen molar-refractivity contribution in [2.75, 3.05) is 6.54 Å². The van der Waals surface area contributed by atoms with E-state index in [4.69, 9.17) is 0 Å². The minimum absolute atomic E-state index is 0.114. The van der Waals surface area contributed by atoms with Gasteiger partial charge in [-0.2, -0.15) is 0 Å². The van der Waals surface area contributed by atoms with Crippen molar-refractivity contribution in [1.82, 2.24) is 10.9 Å². The molecule has 2 aromatic rings. The quantitative estimate of drug-likeness (QED) is 0.629. The predicted octanol–water partition coefficient (Wildman–Crippen LogP) is 3.32. The number of nitrogens with one attached hydrogen (secondary N) is 2. The van der Waals surface area contributed by atoms with Crippen LogP contribution in [0.25, 0.3) is 0 Å². The highest BCUT2D eigenvalue weighted by atomic mass is 79.9. The van der Waals surface area contributed by atoms with Gasteiger partial charge in [0.2, 0.25) is 0 Å². The summed E-state index contributed by atoms with van der Waals surface area (Å²) in [6.07, 6.45) is 1.98. The lowest BCUT2D eigenvalue weighted by molar-refractivity contribution is 0.0933. The van der Waals surface area contributed by atoms with Crippen molar-refractivity contribution >= 4 is 21.8 Å². The summed E-state index contributed by atoms with van der Waals surface area (Å²) in [5.41, 5.74) is 7.61. The average molecular weight is 333 g/mol. The molecular weight excluding hydrogens is 316 g/mol. The molecule has 0 heterocycles. The van der Waals surface area contributed by atoms with Crippen molar-refractivity contribution < 1.29 is 4.79 Å². The Morgan fingerprint density at radius 3 is 2.40 bits per heavy atom. The Kier molecular flexibility index (Phi) is 5.77. The van der Waals surface area contributed by atoms with Crippen molar-refractivity contribution in [3.8, 4) is 0 Å². The number of amides is 1. The molecule has 0 fully saturated rings. The number of benzene rings is 2. The molecule has 0 aromatic heterocycles. The van der Waals surface area contributed by atoms with Gasteiger partial charge in [-0.05, 0) is 42.7 Å². The van der Waals surface area contributed by atoms with Gasteiger partial charge < -0.3 is 0 Å². The first kappa shape index (κ1) is 14.8. The summed E-state index contributed by atoms with van der Waals surface area (Å²) in [7, 11) is 0. The van der Waals surface area contributed by atoms with Gasteiger partial charge in [0, 0.05) is 16.6 Å². The van der Waals surface area contributed by atoms with Crippen molar-refractivity contribution in [2.45, 2.75) is 12.8 Å². The maximum Gasteiger partial charge on any atom is 0.265 e. The van der Waals surface area contributed by atoms with Crippen LogP contribution in [-0.2, 0) is 6.42 Å². The molecule has 0 aliphatic rings. The SMILES string of the molecule is O=C(NNCCCc1ccccc1)c1ccc(Br)cc1. The Bertz CT molecular complexity index is 540. The molecule has 0 unspecified atom stereocenters. The summed E-state index contributed by atoms with van der Waals surface area (Å²) in [5.74, 6) is -0.114. The van der Waals surface area contributed by atoms with Gasteiger partial charge in [0.15, 0.2) is 0 Å². The smallest absolute Gasteiger partial charge is 0.265 e. The van der Waals surface area contributed by atoms with Crippen LogP contribution < -0.4 is 10.9 Å². The Morgan fingerprint density at radius 1 is 1.00 bits per heavy atom. The summed E-state index contributed by atoms with van der Waals surface area (Å²) in [6.45, 7) is 0.747. The molecule has 0 aliphatic carbocycles. The van der Waals surface area contributed by atoms with E-state index < -0.39 is 0 Å². The highest BCUT2D eigenvalue weighted by molar-refractivity contribution is 9.10. The van der Waals surface area contributed by atoms with E-state index >= 15 is 0 Å². The second kappa shape index (κ2) is 7.82. The molecule has 104 valence electrons. The van der Waals surface area contributed by atoms with E-state index in [9.17, 15) is 4.79 Å². The topological polar surface area (TPSA) is 41.1 Å². The van der Waals surface area contributed by atoms with Crippen molar-refractivity contribution in [1.29, 1.82) is 0 Å². The van der Waals surface area contributed by atoms with E-state index in [1.165, 1.54) is 5.56 Å². The molecule has 1 amide bonds. The van der Waals surface area contributed by atoms with Crippen LogP contribution in [0.4, 0.5) is 0 Å². The van der Waals surface area contributed by atoms with Gasteiger partial charge in [-0.15, -0.1) is 0 Å². The number of rotatable bonds is 6. The van der Waals surface area contributed by atoms with E-state index in [2.05, 4.69) is 38.9 Å². The largest absolute Gasteiger partial charge is 0.287 e. The molecule has 0 saturated carbocycles. The maximum atomic E-state index is 11.8. The predicted molar refractivity (Wildman–Crippen MR) is 84.4 cm³/mol. The second-order valence-electron chi connectivity index (χ2n) is 4.48. The molecule has 0 saturated heterocycles. The van der Waals surface area contributed by atoms with E-state index in [-0.39, 0.29) is 5.91 Å². The average Bonchev–Trinajstić information content (AvgIpc) is 2.48. The van der Waals surface area contributed by atoms with Crippen molar-refractivity contribution in [2.24, 2.45) is 0 Å². The third kappa shape index (κ3) is 4.79. The number of hydrogen-bond acceptors (Lipinski definition) is 2. The van der Waals surface area contributed by atoms with Crippen LogP contribution in [0.5, 0.6) is 0 Å². The molecule has 2 aromatic carbocycles. The summed E-state index contributed by atoms with van der Waals surface area (Å²) in [5, 5.41) is 0. The van der Waals surface area contributed by atoms with Crippen LogP contribution in [0.3, 0.4) is 0 Å². The molecule has 0 bridgehead atoms. The van der Waals surface area contributed by atoms with Crippen LogP contribution >= 0.6 is 15.9 Å². The molecule has 2 rings (SSSR count). The normalized spacial score (nSPS) is 10.2. The van der Waals surface area contributed by atoms with Gasteiger partial charge in [0.1, 0.15) is 0 Å². The van der Waals surface area contributed by atoms with Gasteiger partial charge in [-0.25, -0.2) is 5.43 Å². The molecule has 2 N–H and O–H groups in total. The minimum atomic E-state index is -0.114. The van der Waals surface area contributed by atoms with Gasteiger partial charge in [0.25, 0.3) is 5.91 Å². The lowest BCUT2D eigenvalue weighted by Crippen LogP contribution is -2.38. The molecule has 0 aliphatic heterocycles. The first-order valence-corrected chi connectivity index (χ1v) is 7.38. The monoisotopic (exact) mass is 332 g/mol. The van der Waals surface area contributed by atoms with Gasteiger partial charge in [-0.1, -0.05) is 46.3 Å². The first-order valence-electron chi connectivity index (χ1n) is 6.58. The number of carbonyl (C=O) groups excluding carboxylic acids is 1. The highest BCUT2D eigenvalue weighted by Gasteiger charge is 2.03. The van der Waals surface area contributed by atoms with Gasteiger partial charge in [0.05, 0.1) is 0 Å². The third-order valence-electron chi connectivity index (χ3n) is 2.92. The molecule has 3 nitrogen and oxygen atoms in total. The van der Waals surface area contributed by atoms with E-state index in [0.29, 0.717) is 5.56 Å². The first-order chi connectivity index (χ1) is 9.75. The second-order valence-corrected chi connectivity index (χ2v) is 5.39. The molecular formula is C16H17BrN2O. The van der Waals surface area contributed by atoms with E-state index in [0.717, 1.165) is 23.9 Å². The summed E-state index contributed by atoms with van der Waals surface area (Å²) < 4.78 is 0.963. The number of aryl methyl sites for hydroxylation is 1. The summed E-state index contributed by atoms with van der Waals surface area (Å²) in [6, 6.07) is 17.6. The molecule has 4 heteroatoms. The molecule has 0 atom stereocenters. The number of carbonyl (C=O) groups is 1. The fourth-order valence-corrected chi connectivity index (χ4v) is 2.11. The standard InChI is InChI=1S/C16H17BrN2O/c17-15-10-8-14(9-11-15)16(20)19-18-12-4-7-13-5-2-1-3-6-13/h1-3,5-6,8-11,18H,4,7,12H2,(H,19,20). The summed E-state index contributed by atoms with van der Waals surface area (Å²) >= 11 is 3.34. The lowest BCUT2D eigenvalue weighted by Gasteiger charge is -2.07. The zero-order valence-corrected chi connectivity index (χ0v) is 12.7. The number of hydrazine groups is 1. The molecule has 0 spiro atoms. The Morgan fingerprint density at radius 2 is 1.70 bits per heavy atom. The third-order valence-corrected chi connectivity index (χ3v) is 3.45. The Balaban J connectivity index is 1.66. The lowest BCUT2D eigenvalue weighted by atomic mass is 10.1. The Hall–Kier alpha value is -1.65. The fourth-order valence-electron chi connectivity index (χ4n) is 1.84. The van der Waals surface area contributed by atoms with Crippen molar-refractivity contribution in [3.63, 3.8) is 0 Å². The van der Waals surface area contributed by atoms with Gasteiger partial charge in [-0.3, -0.25) is 10.2 Å². The fraction of sp³-hybridized carbons (Fsp3) is 0.188. The zero-order chi connectivity index (χ0) is 14.2. The Labute approximate surface area is 127 Å². The van der Waals surface area contributed by atoms with Crippen LogP contribution in [-0.4, -0.2) is 12.5 Å². The summed E-state index contributed by atoms with van der Waals surface area (Å²) in [4.78, 5) is 11.8. The van der Waals surface area contributed by atoms with Crippen LogP contribution in [0, 0.1) is 0 Å². The molecule has 0 radical (unpaired) electrons. The van der Waals surface area contributed by atoms with E-state index in [1.807, 2.05) is 30.3 Å². The number of hydrogen-bond donors (Lipinski definition) is 2. The number of halogens is 1. The maximum absolute atomic E-state index is 11.8. The van der Waals surface area contributed by atoms with Crippen LogP contribution in [0.1, 0.15) is 22.3 Å². The zero-order valence-electron chi connectivity index (χ0n) is 11.1. The molecule has 20 heavy (non-hydrogen) atoms. The van der Waals surface area contributed by atoms with E-state index in [1.54, 1.807) is 12.1 Å². The highest BCUT2D eigenvalue weighted by Crippen LogP contribution is 2.10. The van der Waals surface area contributed by atoms with Crippen LogP contribution in [0.2, 0.25) is 0 Å².